The summed E-state index contributed by atoms with van der Waals surface area (Å²) in [5, 5.41) is 14.1. The fourth-order valence-corrected chi connectivity index (χ4v) is 2.60. The molecular weight excluding hydrogens is 272 g/mol. The Labute approximate surface area is 122 Å². The van der Waals surface area contributed by atoms with Crippen molar-refractivity contribution >= 4 is 22.0 Å². The summed E-state index contributed by atoms with van der Waals surface area (Å²) in [7, 11) is 0. The van der Waals surface area contributed by atoms with Gasteiger partial charge in [0, 0.05) is 23.2 Å². The number of nitrogens with one attached hydrogen (secondary N) is 1. The molecule has 0 saturated carbocycles. The highest BCUT2D eigenvalue weighted by Gasteiger charge is 2.13. The van der Waals surface area contributed by atoms with E-state index in [-0.39, 0.29) is 15.3 Å². The summed E-state index contributed by atoms with van der Waals surface area (Å²) in [6.45, 7) is 7.15. The lowest BCUT2D eigenvalue weighted by Gasteiger charge is -2.19. The maximum absolute atomic E-state index is 10.6. The van der Waals surface area contributed by atoms with Gasteiger partial charge in [0.1, 0.15) is 0 Å². The summed E-state index contributed by atoms with van der Waals surface area (Å²) >= 11 is 1.21. The van der Waals surface area contributed by atoms with Crippen LogP contribution in [0.15, 0.2) is 36.4 Å². The van der Waals surface area contributed by atoms with Gasteiger partial charge < -0.3 is 5.32 Å². The molecule has 1 N–H and O–H groups in total. The molecule has 2 aromatic rings. The molecule has 1 aromatic heterocycles. The Kier molecular flexibility index (Phi) is 4.09. The van der Waals surface area contributed by atoms with E-state index in [0.717, 1.165) is 10.6 Å². The first kappa shape index (κ1) is 14.5. The Hall–Kier alpha value is -1.88. The number of thiophene rings is 1. The van der Waals surface area contributed by atoms with Gasteiger partial charge in [-0.1, -0.05) is 44.2 Å². The first-order valence-electron chi connectivity index (χ1n) is 6.44. The number of nitro groups is 1. The second-order valence-corrected chi connectivity index (χ2v) is 6.82. The van der Waals surface area contributed by atoms with Crippen molar-refractivity contribution in [2.24, 2.45) is 0 Å². The van der Waals surface area contributed by atoms with E-state index in [1.165, 1.54) is 16.9 Å². The van der Waals surface area contributed by atoms with Gasteiger partial charge in [0.2, 0.25) is 0 Å². The molecule has 0 radical (unpaired) electrons. The summed E-state index contributed by atoms with van der Waals surface area (Å²) in [4.78, 5) is 11.2. The van der Waals surface area contributed by atoms with Gasteiger partial charge in [0.15, 0.2) is 0 Å². The number of hydrogen-bond acceptors (Lipinski definition) is 4. The third-order valence-electron chi connectivity index (χ3n) is 3.05. The Balaban J connectivity index is 1.98. The molecule has 5 heteroatoms. The summed E-state index contributed by atoms with van der Waals surface area (Å²) in [5.41, 5.74) is 2.45. The van der Waals surface area contributed by atoms with Crippen molar-refractivity contribution in [2.45, 2.75) is 32.7 Å². The summed E-state index contributed by atoms with van der Waals surface area (Å²) in [6.07, 6.45) is 0. The van der Waals surface area contributed by atoms with Crippen LogP contribution >= 0.6 is 11.3 Å². The topological polar surface area (TPSA) is 55.2 Å². The molecule has 2 rings (SSSR count). The number of benzene rings is 1. The van der Waals surface area contributed by atoms with Crippen LogP contribution in [0.4, 0.5) is 10.7 Å². The average molecular weight is 290 g/mol. The van der Waals surface area contributed by atoms with Crippen molar-refractivity contribution in [1.82, 2.24) is 0 Å². The van der Waals surface area contributed by atoms with Crippen molar-refractivity contribution in [2.75, 3.05) is 5.32 Å². The van der Waals surface area contributed by atoms with Crippen molar-refractivity contribution in [3.63, 3.8) is 0 Å². The lowest BCUT2D eigenvalue weighted by atomic mass is 9.87. The fourth-order valence-electron chi connectivity index (χ4n) is 1.84. The average Bonchev–Trinajstić information content (AvgIpc) is 2.85. The minimum absolute atomic E-state index is 0.146. The van der Waals surface area contributed by atoms with Crippen molar-refractivity contribution in [3.05, 3.63) is 57.0 Å². The fraction of sp³-hybridized carbons (Fsp3) is 0.333. The van der Waals surface area contributed by atoms with E-state index in [1.807, 2.05) is 12.1 Å². The molecule has 1 aromatic carbocycles. The standard InChI is InChI=1S/C15H18N2O2S/c1-15(2,3)11-4-6-12(7-5-11)16-10-13-8-9-14(20-13)17(18)19/h4-9,16H,10H2,1-3H3. The largest absolute Gasteiger partial charge is 0.380 e. The molecule has 0 aliphatic carbocycles. The normalized spacial score (nSPS) is 11.3. The highest BCUT2D eigenvalue weighted by atomic mass is 32.1. The highest BCUT2D eigenvalue weighted by Crippen LogP contribution is 2.26. The van der Waals surface area contributed by atoms with Crippen LogP contribution in [0.5, 0.6) is 0 Å². The van der Waals surface area contributed by atoms with Crippen molar-refractivity contribution in [3.8, 4) is 0 Å². The molecule has 0 aliphatic rings. The molecular formula is C15H18N2O2S. The number of nitrogens with zero attached hydrogens (tertiary/aromatic N) is 1. The Bertz CT molecular complexity index is 597. The highest BCUT2D eigenvalue weighted by molar-refractivity contribution is 7.15. The van der Waals surface area contributed by atoms with E-state index in [1.54, 1.807) is 12.1 Å². The summed E-state index contributed by atoms with van der Waals surface area (Å²) < 4.78 is 0. The molecule has 0 atom stereocenters. The monoisotopic (exact) mass is 290 g/mol. The molecule has 4 nitrogen and oxygen atoms in total. The molecule has 1 heterocycles. The van der Waals surface area contributed by atoms with Gasteiger partial charge in [0.05, 0.1) is 4.92 Å². The zero-order valence-corrected chi connectivity index (χ0v) is 12.7. The van der Waals surface area contributed by atoms with Crippen LogP contribution in [0.2, 0.25) is 0 Å². The predicted molar refractivity (Wildman–Crippen MR) is 83.4 cm³/mol. The lowest BCUT2D eigenvalue weighted by molar-refractivity contribution is -0.380. The molecule has 0 fully saturated rings. The minimum Gasteiger partial charge on any atom is -0.380 e. The minimum atomic E-state index is -0.355. The molecule has 20 heavy (non-hydrogen) atoms. The molecule has 0 bridgehead atoms. The van der Waals surface area contributed by atoms with Crippen LogP contribution in [0.1, 0.15) is 31.2 Å². The van der Waals surface area contributed by atoms with E-state index in [2.05, 4.69) is 38.2 Å². The van der Waals surface area contributed by atoms with Crippen LogP contribution in [0.25, 0.3) is 0 Å². The van der Waals surface area contributed by atoms with Gasteiger partial charge in [-0.05, 0) is 29.2 Å². The first-order chi connectivity index (χ1) is 9.36. The van der Waals surface area contributed by atoms with Gasteiger partial charge in [0.25, 0.3) is 0 Å². The second kappa shape index (κ2) is 5.63. The number of anilines is 1. The van der Waals surface area contributed by atoms with Gasteiger partial charge in [-0.3, -0.25) is 10.1 Å². The van der Waals surface area contributed by atoms with Gasteiger partial charge >= 0.3 is 5.00 Å². The Morgan fingerprint density at radius 3 is 2.30 bits per heavy atom. The second-order valence-electron chi connectivity index (χ2n) is 5.68. The van der Waals surface area contributed by atoms with Crippen LogP contribution in [-0.2, 0) is 12.0 Å². The molecule has 106 valence electrons. The van der Waals surface area contributed by atoms with Gasteiger partial charge in [-0.15, -0.1) is 0 Å². The smallest absolute Gasteiger partial charge is 0.324 e. The van der Waals surface area contributed by atoms with Crippen LogP contribution in [0, 0.1) is 10.1 Å². The zero-order chi connectivity index (χ0) is 14.8. The van der Waals surface area contributed by atoms with Crippen LogP contribution < -0.4 is 5.32 Å². The molecule has 0 amide bonds. The molecule has 0 unspecified atom stereocenters. The molecule has 0 saturated heterocycles. The van der Waals surface area contributed by atoms with Crippen LogP contribution in [0.3, 0.4) is 0 Å². The molecule has 0 spiro atoms. The summed E-state index contributed by atoms with van der Waals surface area (Å²) in [5.74, 6) is 0. The van der Waals surface area contributed by atoms with Gasteiger partial charge in [-0.25, -0.2) is 0 Å². The quantitative estimate of drug-likeness (QED) is 0.663. The number of hydrogen-bond donors (Lipinski definition) is 1. The van der Waals surface area contributed by atoms with Crippen LogP contribution in [-0.4, -0.2) is 4.92 Å². The molecule has 0 aliphatic heterocycles. The third kappa shape index (κ3) is 3.57. The third-order valence-corrected chi connectivity index (χ3v) is 4.08. The van der Waals surface area contributed by atoms with Crippen molar-refractivity contribution < 1.29 is 4.92 Å². The Morgan fingerprint density at radius 2 is 1.80 bits per heavy atom. The maximum Gasteiger partial charge on any atom is 0.324 e. The Morgan fingerprint density at radius 1 is 1.15 bits per heavy atom. The van der Waals surface area contributed by atoms with Gasteiger partial charge in [-0.2, -0.15) is 0 Å². The van der Waals surface area contributed by atoms with E-state index in [4.69, 9.17) is 0 Å². The van der Waals surface area contributed by atoms with E-state index in [0.29, 0.717) is 6.54 Å². The van der Waals surface area contributed by atoms with E-state index < -0.39 is 0 Å². The van der Waals surface area contributed by atoms with E-state index >= 15 is 0 Å². The maximum atomic E-state index is 10.6. The summed E-state index contributed by atoms with van der Waals surface area (Å²) in [6, 6.07) is 11.6. The van der Waals surface area contributed by atoms with E-state index in [9.17, 15) is 10.1 Å². The number of rotatable bonds is 4. The predicted octanol–water partition coefficient (Wildman–Crippen LogP) is 4.57. The first-order valence-corrected chi connectivity index (χ1v) is 7.25. The lowest BCUT2D eigenvalue weighted by Crippen LogP contribution is -2.10. The zero-order valence-electron chi connectivity index (χ0n) is 11.8. The SMILES string of the molecule is CC(C)(C)c1ccc(NCc2ccc([N+](=O)[O-])s2)cc1. The van der Waals surface area contributed by atoms with Crippen molar-refractivity contribution in [1.29, 1.82) is 0 Å².